The summed E-state index contributed by atoms with van der Waals surface area (Å²) >= 11 is 0. The lowest BCUT2D eigenvalue weighted by Crippen LogP contribution is -2.28. The molecule has 0 unspecified atom stereocenters. The minimum Gasteiger partial charge on any atom is -0.358 e. The first kappa shape index (κ1) is 10.9. The van der Waals surface area contributed by atoms with Crippen molar-refractivity contribution in [3.05, 3.63) is 23.9 Å². The van der Waals surface area contributed by atoms with Crippen LogP contribution in [-0.4, -0.2) is 31.7 Å². The van der Waals surface area contributed by atoms with E-state index in [1.165, 1.54) is 6.42 Å². The Bertz CT molecular complexity index is 390. The van der Waals surface area contributed by atoms with Gasteiger partial charge in [-0.15, -0.1) is 0 Å². The van der Waals surface area contributed by atoms with Gasteiger partial charge in [-0.2, -0.15) is 5.26 Å². The minimum absolute atomic E-state index is 0.649. The van der Waals surface area contributed by atoms with Crippen LogP contribution in [0.25, 0.3) is 0 Å². The molecule has 1 saturated heterocycles. The number of pyridine rings is 1. The molecule has 1 aromatic rings. The topological polar surface area (TPSA) is 52.0 Å². The second kappa shape index (κ2) is 4.95. The molecule has 84 valence electrons. The maximum absolute atomic E-state index is 9.00. The molecule has 2 rings (SSSR count). The molecule has 0 aliphatic carbocycles. The number of nitrogens with one attached hydrogen (secondary N) is 1. The van der Waals surface area contributed by atoms with Crippen molar-refractivity contribution in [2.45, 2.75) is 6.42 Å². The number of rotatable bonds is 3. The molecule has 1 aliphatic rings. The number of hydrogen-bond acceptors (Lipinski definition) is 4. The summed E-state index contributed by atoms with van der Waals surface area (Å²) in [6.45, 7) is 3.13. The quantitative estimate of drug-likeness (QED) is 0.819. The third-order valence-corrected chi connectivity index (χ3v) is 2.96. The van der Waals surface area contributed by atoms with Crippen LogP contribution in [0.15, 0.2) is 18.3 Å². The summed E-state index contributed by atoms with van der Waals surface area (Å²) < 4.78 is 0. The number of nitriles is 1. The van der Waals surface area contributed by atoms with Crippen LogP contribution in [-0.2, 0) is 0 Å². The highest BCUT2D eigenvalue weighted by Crippen LogP contribution is 2.17. The Kier molecular flexibility index (Phi) is 3.37. The van der Waals surface area contributed by atoms with Crippen molar-refractivity contribution in [1.29, 1.82) is 5.26 Å². The average molecular weight is 216 g/mol. The van der Waals surface area contributed by atoms with Crippen LogP contribution in [0.4, 0.5) is 5.82 Å². The van der Waals surface area contributed by atoms with Crippen molar-refractivity contribution in [2.75, 3.05) is 31.6 Å². The van der Waals surface area contributed by atoms with Crippen LogP contribution in [0.2, 0.25) is 0 Å². The van der Waals surface area contributed by atoms with Gasteiger partial charge in [-0.1, -0.05) is 0 Å². The van der Waals surface area contributed by atoms with Crippen LogP contribution in [0.3, 0.4) is 0 Å². The van der Waals surface area contributed by atoms with Gasteiger partial charge in [-0.05, 0) is 37.6 Å². The van der Waals surface area contributed by atoms with Crippen molar-refractivity contribution in [1.82, 2.24) is 10.3 Å². The van der Waals surface area contributed by atoms with E-state index in [1.807, 2.05) is 13.1 Å². The fraction of sp³-hybridized carbons (Fsp3) is 0.500. The molecule has 0 saturated carbocycles. The van der Waals surface area contributed by atoms with Gasteiger partial charge < -0.3 is 10.2 Å². The molecule has 0 amide bonds. The Morgan fingerprint density at radius 3 is 3.25 bits per heavy atom. The lowest BCUT2D eigenvalue weighted by atomic mass is 10.1. The Morgan fingerprint density at radius 2 is 2.56 bits per heavy atom. The summed E-state index contributed by atoms with van der Waals surface area (Å²) in [5.41, 5.74) is 0.649. The van der Waals surface area contributed by atoms with Crippen LogP contribution in [0.5, 0.6) is 0 Å². The molecule has 1 aromatic heterocycles. The van der Waals surface area contributed by atoms with E-state index in [0.29, 0.717) is 11.5 Å². The Hall–Kier alpha value is -1.60. The molecule has 1 fully saturated rings. The van der Waals surface area contributed by atoms with Crippen molar-refractivity contribution >= 4 is 5.82 Å². The summed E-state index contributed by atoms with van der Waals surface area (Å²) in [7, 11) is 2.00. The zero-order chi connectivity index (χ0) is 11.4. The lowest BCUT2D eigenvalue weighted by molar-refractivity contribution is 0.575. The first-order valence-electron chi connectivity index (χ1n) is 5.58. The van der Waals surface area contributed by atoms with Gasteiger partial charge in [0.25, 0.3) is 0 Å². The molecule has 1 aliphatic heterocycles. The molecule has 4 heteroatoms. The van der Waals surface area contributed by atoms with Gasteiger partial charge in [-0.3, -0.25) is 0 Å². The molecule has 0 aromatic carbocycles. The second-order valence-corrected chi connectivity index (χ2v) is 4.23. The maximum Gasteiger partial charge on any atom is 0.146 e. The largest absolute Gasteiger partial charge is 0.358 e. The van der Waals surface area contributed by atoms with Gasteiger partial charge in [-0.25, -0.2) is 4.98 Å². The predicted octanol–water partition coefficient (Wildman–Crippen LogP) is 0.999. The predicted molar refractivity (Wildman–Crippen MR) is 63.2 cm³/mol. The smallest absolute Gasteiger partial charge is 0.146 e. The van der Waals surface area contributed by atoms with Crippen molar-refractivity contribution in [3.8, 4) is 6.07 Å². The van der Waals surface area contributed by atoms with Crippen LogP contribution in [0, 0.1) is 17.2 Å². The van der Waals surface area contributed by atoms with Gasteiger partial charge in [0, 0.05) is 19.8 Å². The summed E-state index contributed by atoms with van der Waals surface area (Å²) in [4.78, 5) is 6.35. The molecule has 16 heavy (non-hydrogen) atoms. The summed E-state index contributed by atoms with van der Waals surface area (Å²) in [5, 5.41) is 12.3. The van der Waals surface area contributed by atoms with Crippen molar-refractivity contribution in [2.24, 2.45) is 5.92 Å². The van der Waals surface area contributed by atoms with E-state index in [-0.39, 0.29) is 0 Å². The highest BCUT2D eigenvalue weighted by molar-refractivity contribution is 5.52. The summed E-state index contributed by atoms with van der Waals surface area (Å²) in [6.07, 6.45) is 2.94. The van der Waals surface area contributed by atoms with Gasteiger partial charge in [0.1, 0.15) is 11.9 Å². The molecule has 1 atom stereocenters. The fourth-order valence-corrected chi connectivity index (χ4v) is 2.13. The van der Waals surface area contributed by atoms with E-state index in [1.54, 1.807) is 12.3 Å². The van der Waals surface area contributed by atoms with Gasteiger partial charge >= 0.3 is 0 Å². The first-order chi connectivity index (χ1) is 7.81. The zero-order valence-electron chi connectivity index (χ0n) is 9.48. The van der Waals surface area contributed by atoms with E-state index < -0.39 is 0 Å². The average Bonchev–Trinajstić information content (AvgIpc) is 2.81. The molecular weight excluding hydrogens is 200 g/mol. The number of hydrogen-bond donors (Lipinski definition) is 1. The van der Waals surface area contributed by atoms with E-state index in [4.69, 9.17) is 5.26 Å². The van der Waals surface area contributed by atoms with Gasteiger partial charge in [0.2, 0.25) is 0 Å². The Morgan fingerprint density at radius 1 is 1.69 bits per heavy atom. The molecule has 4 nitrogen and oxygen atoms in total. The monoisotopic (exact) mass is 216 g/mol. The Balaban J connectivity index is 2.08. The van der Waals surface area contributed by atoms with Crippen molar-refractivity contribution < 1.29 is 0 Å². The van der Waals surface area contributed by atoms with E-state index in [9.17, 15) is 0 Å². The molecular formula is C12H16N4. The van der Waals surface area contributed by atoms with Gasteiger partial charge in [0.05, 0.1) is 5.56 Å². The van der Waals surface area contributed by atoms with Crippen LogP contribution in [0.1, 0.15) is 12.0 Å². The van der Waals surface area contributed by atoms with E-state index >= 15 is 0 Å². The highest BCUT2D eigenvalue weighted by Gasteiger charge is 2.18. The number of nitrogens with zero attached hydrogens (tertiary/aromatic N) is 3. The first-order valence-corrected chi connectivity index (χ1v) is 5.58. The molecule has 1 N–H and O–H groups in total. The molecule has 0 radical (unpaired) electrons. The zero-order valence-corrected chi connectivity index (χ0v) is 9.48. The molecule has 0 bridgehead atoms. The number of aromatic nitrogens is 1. The van der Waals surface area contributed by atoms with E-state index in [0.717, 1.165) is 25.5 Å². The standard InChI is InChI=1S/C12H16N4/c1-16(9-10-4-6-14-8-10)12-11(7-13)3-2-5-15-12/h2-3,5,10,14H,4,6,8-9H2,1H3/t10-/m1/s1. The van der Waals surface area contributed by atoms with Crippen LogP contribution >= 0.6 is 0 Å². The maximum atomic E-state index is 9.00. The lowest BCUT2D eigenvalue weighted by Gasteiger charge is -2.22. The molecule has 0 spiro atoms. The highest BCUT2D eigenvalue weighted by atomic mass is 15.2. The fourth-order valence-electron chi connectivity index (χ4n) is 2.13. The van der Waals surface area contributed by atoms with E-state index in [2.05, 4.69) is 21.3 Å². The van der Waals surface area contributed by atoms with Crippen molar-refractivity contribution in [3.63, 3.8) is 0 Å². The molecule has 2 heterocycles. The second-order valence-electron chi connectivity index (χ2n) is 4.23. The minimum atomic E-state index is 0.649. The summed E-state index contributed by atoms with van der Waals surface area (Å²) in [6, 6.07) is 5.79. The SMILES string of the molecule is CN(C[C@@H]1CCNC1)c1ncccc1C#N. The summed E-state index contributed by atoms with van der Waals surface area (Å²) in [5.74, 6) is 1.45. The van der Waals surface area contributed by atoms with Crippen LogP contribution < -0.4 is 10.2 Å². The number of anilines is 1. The normalized spacial score (nSPS) is 19.4. The Labute approximate surface area is 95.9 Å². The van der Waals surface area contributed by atoms with Gasteiger partial charge in [0.15, 0.2) is 0 Å². The third kappa shape index (κ3) is 2.31. The third-order valence-electron chi connectivity index (χ3n) is 2.96.